The van der Waals surface area contributed by atoms with Gasteiger partial charge in [-0.05, 0) is 12.3 Å². The Hall–Kier alpha value is -1.59. The smallest absolute Gasteiger partial charge is 0.326 e. The molecule has 6 nitrogen and oxygen atoms in total. The zero-order chi connectivity index (χ0) is 13.6. The van der Waals surface area contributed by atoms with Crippen LogP contribution in [0.1, 0.15) is 34.1 Å². The number of carbonyl (C=O) groups excluding carboxylic acids is 2. The van der Waals surface area contributed by atoms with E-state index in [4.69, 9.17) is 5.11 Å². The predicted octanol–water partition coefficient (Wildman–Crippen LogP) is 0.127. The van der Waals surface area contributed by atoms with Gasteiger partial charge in [0.15, 0.2) is 0 Å². The van der Waals surface area contributed by atoms with E-state index in [1.807, 2.05) is 0 Å². The largest absolute Gasteiger partial charge is 0.480 e. The maximum atomic E-state index is 11.8. The molecule has 2 amide bonds. The van der Waals surface area contributed by atoms with E-state index >= 15 is 0 Å². The van der Waals surface area contributed by atoms with Crippen molar-refractivity contribution in [1.29, 1.82) is 0 Å². The molecule has 0 aliphatic carbocycles. The van der Waals surface area contributed by atoms with E-state index < -0.39 is 24.0 Å². The van der Waals surface area contributed by atoms with Gasteiger partial charge in [0.05, 0.1) is 0 Å². The molecule has 0 aromatic heterocycles. The van der Waals surface area contributed by atoms with E-state index in [0.29, 0.717) is 6.42 Å². The molecule has 0 heterocycles. The van der Waals surface area contributed by atoms with Crippen LogP contribution in [0.4, 0.5) is 0 Å². The second kappa shape index (κ2) is 6.88. The fourth-order valence-corrected chi connectivity index (χ4v) is 1.35. The minimum Gasteiger partial charge on any atom is -0.480 e. The summed E-state index contributed by atoms with van der Waals surface area (Å²) in [6.45, 7) is 6.54. The van der Waals surface area contributed by atoms with E-state index in [0.717, 1.165) is 0 Å². The van der Waals surface area contributed by atoms with Crippen LogP contribution < -0.4 is 10.6 Å². The number of carbonyl (C=O) groups is 3. The van der Waals surface area contributed by atoms with Crippen molar-refractivity contribution in [3.8, 4) is 0 Å². The zero-order valence-corrected chi connectivity index (χ0v) is 10.6. The van der Waals surface area contributed by atoms with Crippen LogP contribution in [-0.2, 0) is 14.4 Å². The molecule has 3 N–H and O–H groups in total. The maximum Gasteiger partial charge on any atom is 0.326 e. The Morgan fingerprint density at radius 3 is 2.00 bits per heavy atom. The number of carboxylic acids is 1. The van der Waals surface area contributed by atoms with Crippen molar-refractivity contribution >= 4 is 17.8 Å². The molecule has 6 heteroatoms. The van der Waals surface area contributed by atoms with E-state index in [1.165, 1.54) is 6.92 Å². The topological polar surface area (TPSA) is 95.5 Å². The Kier molecular flexibility index (Phi) is 6.23. The van der Waals surface area contributed by atoms with Crippen LogP contribution in [0.15, 0.2) is 0 Å². The molecule has 2 atom stereocenters. The third-order valence-electron chi connectivity index (χ3n) is 2.33. The van der Waals surface area contributed by atoms with E-state index in [2.05, 4.69) is 10.6 Å². The van der Waals surface area contributed by atoms with Crippen LogP contribution in [0.3, 0.4) is 0 Å². The van der Waals surface area contributed by atoms with Crippen molar-refractivity contribution in [2.75, 3.05) is 0 Å². The minimum absolute atomic E-state index is 0.106. The highest BCUT2D eigenvalue weighted by Gasteiger charge is 2.26. The average molecular weight is 244 g/mol. The minimum atomic E-state index is -1.08. The molecule has 98 valence electrons. The number of hydrogen-bond donors (Lipinski definition) is 3. The maximum absolute atomic E-state index is 11.8. The lowest BCUT2D eigenvalue weighted by molar-refractivity contribution is -0.142. The highest BCUT2D eigenvalue weighted by Crippen LogP contribution is 2.03. The van der Waals surface area contributed by atoms with E-state index in [1.54, 1.807) is 20.8 Å². The molecule has 0 saturated carbocycles. The first kappa shape index (κ1) is 15.4. The number of carboxylic acid groups (broad SMARTS) is 1. The van der Waals surface area contributed by atoms with Crippen LogP contribution >= 0.6 is 0 Å². The molecule has 0 radical (unpaired) electrons. The molecule has 0 aliphatic heterocycles. The quantitative estimate of drug-likeness (QED) is 0.618. The fraction of sp³-hybridized carbons (Fsp3) is 0.727. The number of amides is 2. The zero-order valence-electron chi connectivity index (χ0n) is 10.6. The molecule has 0 bridgehead atoms. The SMILES string of the molecule is CCC(NC(=O)C(NC(C)=O)C(C)C)C(=O)O. The highest BCUT2D eigenvalue weighted by atomic mass is 16.4. The molecule has 17 heavy (non-hydrogen) atoms. The molecule has 0 saturated heterocycles. The van der Waals surface area contributed by atoms with E-state index in [9.17, 15) is 14.4 Å². The summed E-state index contributed by atoms with van der Waals surface area (Å²) in [6, 6.07) is -1.63. The lowest BCUT2D eigenvalue weighted by Gasteiger charge is -2.22. The van der Waals surface area contributed by atoms with Gasteiger partial charge in [0.2, 0.25) is 11.8 Å². The van der Waals surface area contributed by atoms with Gasteiger partial charge in [-0.1, -0.05) is 20.8 Å². The third-order valence-corrected chi connectivity index (χ3v) is 2.33. The average Bonchev–Trinajstić information content (AvgIpc) is 2.20. The normalized spacial score (nSPS) is 13.9. The fourth-order valence-electron chi connectivity index (χ4n) is 1.35. The van der Waals surface area contributed by atoms with E-state index in [-0.39, 0.29) is 11.8 Å². The molecular weight excluding hydrogens is 224 g/mol. The molecule has 0 aromatic rings. The van der Waals surface area contributed by atoms with Crippen molar-refractivity contribution < 1.29 is 19.5 Å². The van der Waals surface area contributed by atoms with Crippen molar-refractivity contribution in [2.45, 2.75) is 46.2 Å². The summed E-state index contributed by atoms with van der Waals surface area (Å²) < 4.78 is 0. The Morgan fingerprint density at radius 2 is 1.71 bits per heavy atom. The van der Waals surface area contributed by atoms with Gasteiger partial charge in [0.25, 0.3) is 0 Å². The van der Waals surface area contributed by atoms with Crippen LogP contribution in [0, 0.1) is 5.92 Å². The van der Waals surface area contributed by atoms with Crippen LogP contribution in [0.25, 0.3) is 0 Å². The number of hydrogen-bond acceptors (Lipinski definition) is 3. The second-order valence-corrected chi connectivity index (χ2v) is 4.23. The first-order valence-corrected chi connectivity index (χ1v) is 5.59. The Bertz CT molecular complexity index is 302. The van der Waals surface area contributed by atoms with Crippen molar-refractivity contribution in [3.63, 3.8) is 0 Å². The molecule has 0 spiro atoms. The first-order chi connectivity index (χ1) is 7.79. The molecular formula is C11H20N2O4. The van der Waals surface area contributed by atoms with Crippen LogP contribution in [0.2, 0.25) is 0 Å². The summed E-state index contributed by atoms with van der Waals surface area (Å²) in [6.07, 6.45) is 0.298. The Labute approximate surface area is 101 Å². The first-order valence-electron chi connectivity index (χ1n) is 5.59. The third kappa shape index (κ3) is 5.33. The summed E-state index contributed by atoms with van der Waals surface area (Å²) in [4.78, 5) is 33.5. The number of nitrogens with one attached hydrogen (secondary N) is 2. The molecule has 0 aromatic carbocycles. The Morgan fingerprint density at radius 1 is 1.18 bits per heavy atom. The summed E-state index contributed by atoms with van der Waals surface area (Å²) in [5, 5.41) is 13.7. The van der Waals surface area contributed by atoms with Crippen LogP contribution in [0.5, 0.6) is 0 Å². The monoisotopic (exact) mass is 244 g/mol. The molecule has 0 fully saturated rings. The number of rotatable bonds is 6. The van der Waals surface area contributed by atoms with Gasteiger partial charge in [-0.3, -0.25) is 9.59 Å². The summed E-state index contributed by atoms with van der Waals surface area (Å²) in [7, 11) is 0. The summed E-state index contributed by atoms with van der Waals surface area (Å²) in [5.74, 6) is -1.97. The van der Waals surface area contributed by atoms with Gasteiger partial charge in [-0.2, -0.15) is 0 Å². The van der Waals surface area contributed by atoms with Crippen molar-refractivity contribution in [2.24, 2.45) is 5.92 Å². The highest BCUT2D eigenvalue weighted by molar-refractivity contribution is 5.90. The van der Waals surface area contributed by atoms with Crippen molar-refractivity contribution in [1.82, 2.24) is 10.6 Å². The molecule has 0 rings (SSSR count). The number of aliphatic carboxylic acids is 1. The second-order valence-electron chi connectivity index (χ2n) is 4.23. The van der Waals surface area contributed by atoms with Gasteiger partial charge in [-0.25, -0.2) is 4.79 Å². The van der Waals surface area contributed by atoms with Gasteiger partial charge < -0.3 is 15.7 Å². The van der Waals surface area contributed by atoms with Crippen molar-refractivity contribution in [3.05, 3.63) is 0 Å². The molecule has 0 aliphatic rings. The van der Waals surface area contributed by atoms with Gasteiger partial charge in [-0.15, -0.1) is 0 Å². The summed E-state index contributed by atoms with van der Waals surface area (Å²) in [5.41, 5.74) is 0. The predicted molar refractivity (Wildman–Crippen MR) is 62.3 cm³/mol. The van der Waals surface area contributed by atoms with Gasteiger partial charge in [0, 0.05) is 6.92 Å². The Balaban J connectivity index is 4.62. The van der Waals surface area contributed by atoms with Gasteiger partial charge in [0.1, 0.15) is 12.1 Å². The standard InChI is InChI=1S/C11H20N2O4/c1-5-8(11(16)17)13-10(15)9(6(2)3)12-7(4)14/h6,8-9H,5H2,1-4H3,(H,12,14)(H,13,15)(H,16,17). The molecule has 2 unspecified atom stereocenters. The van der Waals surface area contributed by atoms with Crippen LogP contribution in [-0.4, -0.2) is 35.0 Å². The lowest BCUT2D eigenvalue weighted by atomic mass is 10.0. The summed E-state index contributed by atoms with van der Waals surface area (Å²) >= 11 is 0. The van der Waals surface area contributed by atoms with Gasteiger partial charge >= 0.3 is 5.97 Å². The lowest BCUT2D eigenvalue weighted by Crippen LogP contribution is -2.53.